The van der Waals surface area contributed by atoms with Gasteiger partial charge < -0.3 is 10.0 Å². The van der Waals surface area contributed by atoms with Gasteiger partial charge in [0.05, 0.1) is 16.7 Å². The molecule has 1 N–H and O–H groups in total. The molecule has 5 heteroatoms. The molecule has 0 saturated carbocycles. The molecule has 0 radical (unpaired) electrons. The Hall–Kier alpha value is -1.13. The maximum atomic E-state index is 12.8. The van der Waals surface area contributed by atoms with Crippen LogP contribution in [0.5, 0.6) is 0 Å². The molecule has 1 aliphatic heterocycles. The average Bonchev–Trinajstić information content (AvgIpc) is 2.64. The van der Waals surface area contributed by atoms with Gasteiger partial charge in [-0.25, -0.2) is 4.39 Å². The molecule has 2 rings (SSSR count). The molecular formula is C11H11ClFNO2. The monoisotopic (exact) mass is 243 g/mol. The fourth-order valence-corrected chi connectivity index (χ4v) is 2.01. The van der Waals surface area contributed by atoms with Gasteiger partial charge in [0.1, 0.15) is 5.82 Å². The highest BCUT2D eigenvalue weighted by molar-refractivity contribution is 6.33. The molecule has 0 aromatic heterocycles. The number of benzene rings is 1. The van der Waals surface area contributed by atoms with Gasteiger partial charge in [0.15, 0.2) is 0 Å². The maximum absolute atomic E-state index is 12.8. The molecule has 1 fully saturated rings. The van der Waals surface area contributed by atoms with Crippen molar-refractivity contribution in [3.63, 3.8) is 0 Å². The Morgan fingerprint density at radius 2 is 2.31 bits per heavy atom. The Bertz CT molecular complexity index is 424. The summed E-state index contributed by atoms with van der Waals surface area (Å²) in [6.07, 6.45) is 0.105. The predicted molar refractivity (Wildman–Crippen MR) is 57.9 cm³/mol. The Morgan fingerprint density at radius 3 is 2.88 bits per heavy atom. The van der Waals surface area contributed by atoms with Gasteiger partial charge in [-0.05, 0) is 24.6 Å². The van der Waals surface area contributed by atoms with E-state index in [4.69, 9.17) is 11.6 Å². The van der Waals surface area contributed by atoms with E-state index in [0.29, 0.717) is 19.5 Å². The molecular weight excluding hydrogens is 233 g/mol. The topological polar surface area (TPSA) is 40.5 Å². The smallest absolute Gasteiger partial charge is 0.255 e. The van der Waals surface area contributed by atoms with E-state index in [1.54, 1.807) is 0 Å². The second kappa shape index (κ2) is 4.39. The van der Waals surface area contributed by atoms with Gasteiger partial charge in [-0.2, -0.15) is 0 Å². The van der Waals surface area contributed by atoms with Crippen molar-refractivity contribution in [3.8, 4) is 0 Å². The van der Waals surface area contributed by atoms with Gasteiger partial charge in [0, 0.05) is 13.1 Å². The molecule has 0 spiro atoms. The highest BCUT2D eigenvalue weighted by Crippen LogP contribution is 2.21. The summed E-state index contributed by atoms with van der Waals surface area (Å²) < 4.78 is 12.8. The van der Waals surface area contributed by atoms with Crippen molar-refractivity contribution in [3.05, 3.63) is 34.6 Å². The molecule has 16 heavy (non-hydrogen) atoms. The van der Waals surface area contributed by atoms with Crippen molar-refractivity contribution >= 4 is 17.5 Å². The first-order valence-corrected chi connectivity index (χ1v) is 5.38. The van der Waals surface area contributed by atoms with Crippen molar-refractivity contribution in [2.24, 2.45) is 0 Å². The van der Waals surface area contributed by atoms with Crippen LogP contribution in [0.15, 0.2) is 18.2 Å². The minimum absolute atomic E-state index is 0.103. The summed E-state index contributed by atoms with van der Waals surface area (Å²) in [5, 5.41) is 9.43. The Morgan fingerprint density at radius 1 is 1.56 bits per heavy atom. The van der Waals surface area contributed by atoms with Crippen molar-refractivity contribution in [1.82, 2.24) is 4.90 Å². The molecule has 0 aliphatic carbocycles. The van der Waals surface area contributed by atoms with Crippen molar-refractivity contribution in [2.45, 2.75) is 12.5 Å². The van der Waals surface area contributed by atoms with Crippen LogP contribution in [0.2, 0.25) is 5.02 Å². The highest BCUT2D eigenvalue weighted by atomic mass is 35.5. The lowest BCUT2D eigenvalue weighted by molar-refractivity contribution is 0.0765. The number of hydrogen-bond donors (Lipinski definition) is 1. The molecule has 1 atom stereocenters. The molecule has 1 aliphatic rings. The van der Waals surface area contributed by atoms with Crippen LogP contribution >= 0.6 is 11.6 Å². The van der Waals surface area contributed by atoms with Gasteiger partial charge in [0.2, 0.25) is 0 Å². The third-order valence-electron chi connectivity index (χ3n) is 2.61. The van der Waals surface area contributed by atoms with Gasteiger partial charge in [-0.1, -0.05) is 11.6 Å². The summed E-state index contributed by atoms with van der Waals surface area (Å²) >= 11 is 5.79. The van der Waals surface area contributed by atoms with E-state index in [2.05, 4.69) is 0 Å². The molecule has 86 valence electrons. The zero-order valence-corrected chi connectivity index (χ0v) is 9.25. The second-order valence-electron chi connectivity index (χ2n) is 3.82. The number of β-amino-alcohol motifs (C(OH)–C–C–N with tert-alkyl or cyclic N) is 1. The van der Waals surface area contributed by atoms with E-state index in [1.165, 1.54) is 17.0 Å². The van der Waals surface area contributed by atoms with Gasteiger partial charge >= 0.3 is 0 Å². The predicted octanol–water partition coefficient (Wildman–Crippen LogP) is 1.69. The van der Waals surface area contributed by atoms with Crippen LogP contribution in [0.25, 0.3) is 0 Å². The number of aliphatic hydroxyl groups is 1. The van der Waals surface area contributed by atoms with E-state index in [1.807, 2.05) is 0 Å². The lowest BCUT2D eigenvalue weighted by atomic mass is 10.2. The lowest BCUT2D eigenvalue weighted by Gasteiger charge is -2.16. The van der Waals surface area contributed by atoms with Crippen LogP contribution in [0, 0.1) is 5.82 Å². The van der Waals surface area contributed by atoms with Crippen molar-refractivity contribution < 1.29 is 14.3 Å². The lowest BCUT2D eigenvalue weighted by Crippen LogP contribution is -2.29. The minimum atomic E-state index is -0.469. The number of carbonyl (C=O) groups is 1. The number of likely N-dealkylation sites (tertiary alicyclic amines) is 1. The van der Waals surface area contributed by atoms with Gasteiger partial charge in [-0.3, -0.25) is 4.79 Å². The zero-order valence-electron chi connectivity index (χ0n) is 8.49. The third-order valence-corrected chi connectivity index (χ3v) is 2.92. The van der Waals surface area contributed by atoms with Crippen LogP contribution in [0.3, 0.4) is 0 Å². The molecule has 0 bridgehead atoms. The summed E-state index contributed by atoms with van der Waals surface area (Å²) in [5.74, 6) is -0.732. The fraction of sp³-hybridized carbons (Fsp3) is 0.364. The van der Waals surface area contributed by atoms with Gasteiger partial charge in [-0.15, -0.1) is 0 Å². The number of nitrogens with zero attached hydrogens (tertiary/aromatic N) is 1. The summed E-state index contributed by atoms with van der Waals surface area (Å²) in [6, 6.07) is 3.68. The summed E-state index contributed by atoms with van der Waals surface area (Å²) in [6.45, 7) is 0.820. The number of hydrogen-bond acceptors (Lipinski definition) is 2. The first-order valence-electron chi connectivity index (χ1n) is 5.00. The van der Waals surface area contributed by atoms with E-state index in [-0.39, 0.29) is 16.5 Å². The Kier molecular flexibility index (Phi) is 3.12. The maximum Gasteiger partial charge on any atom is 0.255 e. The van der Waals surface area contributed by atoms with Crippen molar-refractivity contribution in [1.29, 1.82) is 0 Å². The van der Waals surface area contributed by atoms with E-state index < -0.39 is 11.9 Å². The number of carbonyl (C=O) groups excluding carboxylic acids is 1. The number of amides is 1. The molecule has 1 heterocycles. The molecule has 1 aromatic carbocycles. The number of halogens is 2. The summed E-state index contributed by atoms with van der Waals surface area (Å²) in [4.78, 5) is 13.5. The quantitative estimate of drug-likeness (QED) is 0.815. The van der Waals surface area contributed by atoms with Crippen LogP contribution in [0.1, 0.15) is 16.8 Å². The third kappa shape index (κ3) is 2.18. The normalized spacial score (nSPS) is 20.2. The SMILES string of the molecule is O=C(c1ccc(F)cc1Cl)N1CC[C@H](O)C1. The summed E-state index contributed by atoms with van der Waals surface area (Å²) in [7, 11) is 0. The average molecular weight is 244 g/mol. The molecule has 1 saturated heterocycles. The second-order valence-corrected chi connectivity index (χ2v) is 4.23. The van der Waals surface area contributed by atoms with E-state index >= 15 is 0 Å². The van der Waals surface area contributed by atoms with Crippen molar-refractivity contribution in [2.75, 3.05) is 13.1 Å². The Balaban J connectivity index is 2.21. The first kappa shape index (κ1) is 11.4. The van der Waals surface area contributed by atoms with Gasteiger partial charge in [0.25, 0.3) is 5.91 Å². The molecule has 1 amide bonds. The molecule has 0 unspecified atom stereocenters. The molecule has 3 nitrogen and oxygen atoms in total. The largest absolute Gasteiger partial charge is 0.391 e. The Labute approximate surface area is 97.4 Å². The first-order chi connectivity index (χ1) is 7.58. The van der Waals surface area contributed by atoms with Crippen LogP contribution < -0.4 is 0 Å². The van der Waals surface area contributed by atoms with E-state index in [0.717, 1.165) is 6.07 Å². The van der Waals surface area contributed by atoms with Crippen LogP contribution in [0.4, 0.5) is 4.39 Å². The highest BCUT2D eigenvalue weighted by Gasteiger charge is 2.26. The summed E-state index contributed by atoms with van der Waals surface area (Å²) in [5.41, 5.74) is 0.275. The fourth-order valence-electron chi connectivity index (χ4n) is 1.76. The minimum Gasteiger partial charge on any atom is -0.391 e. The zero-order chi connectivity index (χ0) is 11.7. The molecule has 1 aromatic rings. The number of aliphatic hydroxyl groups excluding tert-OH is 1. The number of rotatable bonds is 1. The standard InChI is InChI=1S/C11H11ClFNO2/c12-10-5-7(13)1-2-9(10)11(16)14-4-3-8(15)6-14/h1-2,5,8,15H,3-4,6H2/t8-/m0/s1. The van der Waals surface area contributed by atoms with Crippen LogP contribution in [-0.2, 0) is 0 Å². The van der Waals surface area contributed by atoms with E-state index in [9.17, 15) is 14.3 Å². The van der Waals surface area contributed by atoms with Crippen LogP contribution in [-0.4, -0.2) is 35.1 Å².